The lowest BCUT2D eigenvalue weighted by atomic mass is 9.68. The summed E-state index contributed by atoms with van der Waals surface area (Å²) in [6.45, 7) is 0. The number of nitro benzene ring substituents is 1. The summed E-state index contributed by atoms with van der Waals surface area (Å²) in [5.41, 5.74) is 3.58. The lowest BCUT2D eigenvalue weighted by Gasteiger charge is -2.43. The summed E-state index contributed by atoms with van der Waals surface area (Å²) < 4.78 is 10.4. The third-order valence-corrected chi connectivity index (χ3v) is 7.26. The number of hydrogen-bond acceptors (Lipinski definition) is 6. The van der Waals surface area contributed by atoms with Crippen LogP contribution in [0.2, 0.25) is 0 Å². The molecule has 1 N–H and O–H groups in total. The summed E-state index contributed by atoms with van der Waals surface area (Å²) in [5, 5.41) is 15.2. The molecule has 1 heterocycles. The van der Waals surface area contributed by atoms with Crippen LogP contribution in [0.25, 0.3) is 0 Å². The van der Waals surface area contributed by atoms with Crippen LogP contribution in [-0.2, 0) is 4.74 Å². The monoisotopic (exact) mass is 408 g/mol. The smallest absolute Gasteiger partial charge is 0.337 e. The van der Waals surface area contributed by atoms with Gasteiger partial charge in [-0.05, 0) is 66.2 Å². The van der Waals surface area contributed by atoms with Crippen molar-refractivity contribution in [2.24, 2.45) is 17.8 Å². The minimum absolute atomic E-state index is 0.0693. The molecule has 2 bridgehead atoms. The highest BCUT2D eigenvalue weighted by Gasteiger charge is 2.54. The number of ether oxygens (including phenoxy) is 2. The molecule has 0 saturated heterocycles. The van der Waals surface area contributed by atoms with Crippen molar-refractivity contribution in [1.82, 2.24) is 0 Å². The minimum atomic E-state index is -0.352. The highest BCUT2D eigenvalue weighted by Crippen LogP contribution is 2.65. The van der Waals surface area contributed by atoms with Crippen LogP contribution in [0.15, 0.2) is 36.4 Å². The standard InChI is InChI=1S/C23H24N2O5/c1-29-18-11-16(25(27)28)10-17-19-14-7-8-15(9-14)20(19)21(24-22(17)18)12-3-5-13(6-4-12)23(26)30-2/h3-6,10-11,14-15,19-21,24H,7-9H2,1-2H3/t14-,15-,19+,20+,21-/m0/s1. The second-order valence-electron chi connectivity index (χ2n) is 8.54. The Morgan fingerprint density at radius 1 is 1.13 bits per heavy atom. The summed E-state index contributed by atoms with van der Waals surface area (Å²) in [5.74, 6) is 1.94. The highest BCUT2D eigenvalue weighted by molar-refractivity contribution is 5.89. The fraction of sp³-hybridized carbons (Fsp3) is 0.435. The van der Waals surface area contributed by atoms with Gasteiger partial charge in [0, 0.05) is 6.07 Å². The Morgan fingerprint density at radius 3 is 2.53 bits per heavy atom. The summed E-state index contributed by atoms with van der Waals surface area (Å²) in [6.07, 6.45) is 3.54. The van der Waals surface area contributed by atoms with Crippen LogP contribution >= 0.6 is 0 Å². The number of rotatable bonds is 4. The van der Waals surface area contributed by atoms with Crippen LogP contribution in [0.3, 0.4) is 0 Å². The third kappa shape index (κ3) is 2.75. The van der Waals surface area contributed by atoms with E-state index in [1.165, 1.54) is 26.0 Å². The molecule has 2 saturated carbocycles. The number of non-ortho nitro benzene ring substituents is 1. The van der Waals surface area contributed by atoms with Crippen molar-refractivity contribution in [1.29, 1.82) is 0 Å². The maximum absolute atomic E-state index is 11.8. The van der Waals surface area contributed by atoms with E-state index in [9.17, 15) is 14.9 Å². The van der Waals surface area contributed by atoms with E-state index in [2.05, 4.69) is 5.32 Å². The summed E-state index contributed by atoms with van der Waals surface area (Å²) in [7, 11) is 2.93. The number of methoxy groups -OCH3 is 2. The molecular weight excluding hydrogens is 384 g/mol. The van der Waals surface area contributed by atoms with Gasteiger partial charge in [-0.15, -0.1) is 0 Å². The van der Waals surface area contributed by atoms with Crippen molar-refractivity contribution < 1.29 is 19.2 Å². The molecule has 0 radical (unpaired) electrons. The van der Waals surface area contributed by atoms with E-state index >= 15 is 0 Å². The van der Waals surface area contributed by atoms with Crippen LogP contribution in [0.1, 0.15) is 52.7 Å². The summed E-state index contributed by atoms with van der Waals surface area (Å²) in [4.78, 5) is 23.0. The maximum atomic E-state index is 11.8. The molecule has 0 amide bonds. The van der Waals surface area contributed by atoms with Crippen molar-refractivity contribution >= 4 is 17.3 Å². The Bertz CT molecular complexity index is 1020. The molecule has 2 aliphatic carbocycles. The molecule has 156 valence electrons. The van der Waals surface area contributed by atoms with Gasteiger partial charge in [0.1, 0.15) is 5.75 Å². The quantitative estimate of drug-likeness (QED) is 0.448. The fourth-order valence-corrected chi connectivity index (χ4v) is 6.08. The van der Waals surface area contributed by atoms with E-state index in [4.69, 9.17) is 9.47 Å². The van der Waals surface area contributed by atoms with Crippen LogP contribution in [-0.4, -0.2) is 25.1 Å². The first-order valence-corrected chi connectivity index (χ1v) is 10.3. The molecule has 7 nitrogen and oxygen atoms in total. The molecule has 2 aromatic carbocycles. The number of nitrogens with one attached hydrogen (secondary N) is 1. The topological polar surface area (TPSA) is 90.7 Å². The second-order valence-corrected chi connectivity index (χ2v) is 8.54. The van der Waals surface area contributed by atoms with Gasteiger partial charge in [0.2, 0.25) is 0 Å². The van der Waals surface area contributed by atoms with E-state index in [1.807, 2.05) is 12.1 Å². The number of nitro groups is 1. The zero-order valence-electron chi connectivity index (χ0n) is 17.0. The van der Waals surface area contributed by atoms with Crippen LogP contribution in [0.4, 0.5) is 11.4 Å². The van der Waals surface area contributed by atoms with Gasteiger partial charge in [-0.25, -0.2) is 4.79 Å². The minimum Gasteiger partial charge on any atom is -0.494 e. The van der Waals surface area contributed by atoms with E-state index in [1.54, 1.807) is 25.3 Å². The lowest BCUT2D eigenvalue weighted by molar-refractivity contribution is -0.385. The van der Waals surface area contributed by atoms with Crippen molar-refractivity contribution in [3.63, 3.8) is 0 Å². The summed E-state index contributed by atoms with van der Waals surface area (Å²) in [6, 6.07) is 10.9. The molecule has 0 unspecified atom stereocenters. The fourth-order valence-electron chi connectivity index (χ4n) is 6.08. The van der Waals surface area contributed by atoms with Crippen LogP contribution < -0.4 is 10.1 Å². The van der Waals surface area contributed by atoms with Gasteiger partial charge in [0.15, 0.2) is 0 Å². The molecule has 2 fully saturated rings. The molecule has 7 heteroatoms. The van der Waals surface area contributed by atoms with Gasteiger partial charge in [-0.1, -0.05) is 12.1 Å². The zero-order chi connectivity index (χ0) is 21.0. The Labute approximate surface area is 174 Å². The van der Waals surface area contributed by atoms with Crippen molar-refractivity contribution in [3.8, 4) is 5.75 Å². The first kappa shape index (κ1) is 18.9. The van der Waals surface area contributed by atoms with Crippen molar-refractivity contribution in [2.45, 2.75) is 31.2 Å². The first-order chi connectivity index (χ1) is 14.5. The average Bonchev–Trinajstić information content (AvgIpc) is 3.40. The number of carbonyl (C=O) groups is 1. The number of nitrogens with zero attached hydrogens (tertiary/aromatic N) is 1. The molecule has 0 spiro atoms. The lowest BCUT2D eigenvalue weighted by Crippen LogP contribution is -2.35. The normalized spacial score (nSPS) is 28.3. The molecule has 3 aliphatic rings. The number of anilines is 1. The predicted octanol–water partition coefficient (Wildman–Crippen LogP) is 4.69. The number of carbonyl (C=O) groups excluding carboxylic acids is 1. The Kier molecular flexibility index (Phi) is 4.41. The molecule has 1 aliphatic heterocycles. The van der Waals surface area contributed by atoms with E-state index in [0.29, 0.717) is 29.1 Å². The molecule has 5 rings (SSSR count). The highest BCUT2D eigenvalue weighted by atomic mass is 16.6. The summed E-state index contributed by atoms with van der Waals surface area (Å²) >= 11 is 0. The Morgan fingerprint density at radius 2 is 1.87 bits per heavy atom. The van der Waals surface area contributed by atoms with Crippen LogP contribution in [0, 0.1) is 27.9 Å². The van der Waals surface area contributed by atoms with Crippen molar-refractivity contribution in [3.05, 3.63) is 63.2 Å². The maximum Gasteiger partial charge on any atom is 0.337 e. The largest absolute Gasteiger partial charge is 0.494 e. The van der Waals surface area contributed by atoms with E-state index in [0.717, 1.165) is 23.2 Å². The van der Waals surface area contributed by atoms with Gasteiger partial charge in [0.25, 0.3) is 5.69 Å². The number of esters is 1. The van der Waals surface area contributed by atoms with Gasteiger partial charge in [-0.3, -0.25) is 10.1 Å². The van der Waals surface area contributed by atoms with Gasteiger partial charge in [-0.2, -0.15) is 0 Å². The van der Waals surface area contributed by atoms with Crippen molar-refractivity contribution in [2.75, 3.05) is 19.5 Å². The number of hydrogen-bond donors (Lipinski definition) is 1. The second kappa shape index (κ2) is 7.00. The zero-order valence-corrected chi connectivity index (χ0v) is 17.0. The van der Waals surface area contributed by atoms with Gasteiger partial charge in [0.05, 0.1) is 42.5 Å². The SMILES string of the molecule is COC(=O)c1ccc([C@@H]2Nc3c(OC)cc([N+](=O)[O-])cc3[C@H]3[C@H]4CC[C@@H](C4)[C@H]32)cc1. The van der Waals surface area contributed by atoms with Gasteiger partial charge >= 0.3 is 5.97 Å². The van der Waals surface area contributed by atoms with E-state index < -0.39 is 0 Å². The first-order valence-electron chi connectivity index (χ1n) is 10.3. The third-order valence-electron chi connectivity index (χ3n) is 7.26. The average molecular weight is 408 g/mol. The predicted molar refractivity (Wildman–Crippen MR) is 111 cm³/mol. The molecule has 5 atom stereocenters. The molecule has 0 aromatic heterocycles. The van der Waals surface area contributed by atoms with Gasteiger partial charge < -0.3 is 14.8 Å². The Hall–Kier alpha value is -3.09. The molecule has 30 heavy (non-hydrogen) atoms. The molecule has 2 aromatic rings. The molecular formula is C23H24N2O5. The number of benzene rings is 2. The van der Waals surface area contributed by atoms with E-state index in [-0.39, 0.29) is 28.5 Å². The van der Waals surface area contributed by atoms with Crippen LogP contribution in [0.5, 0.6) is 5.75 Å². The number of fused-ring (bicyclic) bond motifs is 7. The Balaban J connectivity index is 1.60.